The molecule has 0 radical (unpaired) electrons. The molecule has 7 rings (SSSR count). The highest BCUT2D eigenvalue weighted by Gasteiger charge is 2.82. The standard InChI is InChI=1S/C30H38N2O4/c1-25(2)12-16-21-15(7-10-29(16)20(13-25)32-24(29)35)27(5)9-8-18-26(3,4)22(34)30(14-31)23(36-30)28(18,6)19(27)11-17(21)33/h11,15-16,18,20-21,23H,7-10,12-13H2,1-6H3,(H,32,35)/t15?,16-,18-,20?,21-,23?,27-,28-,29-,30?/m0/s1. The van der Waals surface area contributed by atoms with E-state index in [2.05, 4.69) is 39.1 Å². The highest BCUT2D eigenvalue weighted by molar-refractivity contribution is 6.01. The van der Waals surface area contributed by atoms with Gasteiger partial charge in [-0.1, -0.05) is 47.1 Å². The van der Waals surface area contributed by atoms with Gasteiger partial charge in [-0.05, 0) is 73.2 Å². The molecule has 36 heavy (non-hydrogen) atoms. The van der Waals surface area contributed by atoms with Gasteiger partial charge in [0.25, 0.3) is 0 Å². The molecule has 1 amide bonds. The molecule has 2 saturated heterocycles. The minimum absolute atomic E-state index is 0.0282. The number of carbonyl (C=O) groups excluding carboxylic acids is 3. The zero-order valence-electron chi connectivity index (χ0n) is 22.4. The van der Waals surface area contributed by atoms with Crippen molar-refractivity contribution >= 4 is 17.5 Å². The van der Waals surface area contributed by atoms with Gasteiger partial charge in [-0.25, -0.2) is 0 Å². The summed E-state index contributed by atoms with van der Waals surface area (Å²) < 4.78 is 6.05. The summed E-state index contributed by atoms with van der Waals surface area (Å²) in [6.07, 6.45) is 6.86. The van der Waals surface area contributed by atoms with Crippen molar-refractivity contribution in [2.24, 2.45) is 50.7 Å². The molecule has 2 heterocycles. The lowest BCUT2D eigenvalue weighted by molar-refractivity contribution is -0.186. The van der Waals surface area contributed by atoms with Gasteiger partial charge in [0.05, 0.1) is 5.41 Å². The fourth-order valence-electron chi connectivity index (χ4n) is 11.2. The maximum Gasteiger partial charge on any atom is 0.240 e. The Bertz CT molecular complexity index is 1230. The minimum Gasteiger partial charge on any atom is -0.352 e. The summed E-state index contributed by atoms with van der Waals surface area (Å²) in [5, 5.41) is 13.2. The Labute approximate surface area is 213 Å². The topological polar surface area (TPSA) is 99.6 Å². The Morgan fingerprint density at radius 1 is 1.00 bits per heavy atom. The monoisotopic (exact) mass is 490 g/mol. The predicted molar refractivity (Wildman–Crippen MR) is 131 cm³/mol. The van der Waals surface area contributed by atoms with Crippen LogP contribution in [0.15, 0.2) is 11.6 Å². The molecule has 6 fully saturated rings. The first-order valence-corrected chi connectivity index (χ1v) is 13.9. The number of rotatable bonds is 0. The summed E-state index contributed by atoms with van der Waals surface area (Å²) in [4.78, 5) is 40.7. The molecule has 192 valence electrons. The number of hydrogen-bond donors (Lipinski definition) is 1. The van der Waals surface area contributed by atoms with E-state index >= 15 is 0 Å². The lowest BCUT2D eigenvalue weighted by Gasteiger charge is -2.68. The second-order valence-corrected chi connectivity index (χ2v) is 15.1. The van der Waals surface area contributed by atoms with Crippen LogP contribution >= 0.6 is 0 Å². The highest BCUT2D eigenvalue weighted by atomic mass is 16.6. The fourth-order valence-corrected chi connectivity index (χ4v) is 11.2. The van der Waals surface area contributed by atoms with Gasteiger partial charge in [-0.2, -0.15) is 5.26 Å². The van der Waals surface area contributed by atoms with E-state index in [0.29, 0.717) is 0 Å². The average molecular weight is 491 g/mol. The van der Waals surface area contributed by atoms with E-state index in [1.54, 1.807) is 0 Å². The molecular formula is C30H38N2O4. The fraction of sp³-hybridized carbons (Fsp3) is 0.800. The van der Waals surface area contributed by atoms with E-state index in [0.717, 1.165) is 44.1 Å². The van der Waals surface area contributed by atoms with Crippen molar-refractivity contribution in [1.29, 1.82) is 5.26 Å². The molecule has 2 aliphatic heterocycles. The summed E-state index contributed by atoms with van der Waals surface area (Å²) in [6, 6.07) is 2.41. The number of ketones is 2. The first-order valence-electron chi connectivity index (χ1n) is 13.9. The largest absolute Gasteiger partial charge is 0.352 e. The van der Waals surface area contributed by atoms with Gasteiger partial charge in [0, 0.05) is 22.8 Å². The summed E-state index contributed by atoms with van der Waals surface area (Å²) >= 11 is 0. The van der Waals surface area contributed by atoms with Crippen molar-refractivity contribution < 1.29 is 19.1 Å². The summed E-state index contributed by atoms with van der Waals surface area (Å²) in [5.74, 6) is 0.365. The zero-order chi connectivity index (χ0) is 25.8. The lowest BCUT2D eigenvalue weighted by atomic mass is 9.36. The van der Waals surface area contributed by atoms with Gasteiger partial charge in [0.2, 0.25) is 11.5 Å². The van der Waals surface area contributed by atoms with Crippen LogP contribution in [0.3, 0.4) is 0 Å². The van der Waals surface area contributed by atoms with Gasteiger partial charge < -0.3 is 10.1 Å². The van der Waals surface area contributed by atoms with Crippen molar-refractivity contribution in [3.63, 3.8) is 0 Å². The van der Waals surface area contributed by atoms with E-state index in [1.807, 2.05) is 19.9 Å². The number of amides is 1. The molecule has 6 heteroatoms. The van der Waals surface area contributed by atoms with Crippen LogP contribution < -0.4 is 5.32 Å². The zero-order valence-corrected chi connectivity index (χ0v) is 22.4. The second kappa shape index (κ2) is 6.17. The third-order valence-corrected chi connectivity index (χ3v) is 12.7. The first-order chi connectivity index (χ1) is 16.7. The highest BCUT2D eigenvalue weighted by Crippen LogP contribution is 2.75. The van der Waals surface area contributed by atoms with Crippen molar-refractivity contribution in [1.82, 2.24) is 5.32 Å². The normalized spacial score (nSPS) is 55.0. The summed E-state index contributed by atoms with van der Waals surface area (Å²) in [5.41, 5.74) is -1.99. The molecule has 7 aliphatic rings. The SMILES string of the molecule is CC1(C)CC2NC(=O)[C@]23CCC2[C@H](C(=O)C=C4[C@@]5(C)C6OC6(C#N)C(=O)C(C)(C)[C@@H]5CC[C@]42C)[C@@H]3C1. The molecule has 4 unspecified atom stereocenters. The van der Waals surface area contributed by atoms with E-state index in [1.165, 1.54) is 0 Å². The summed E-state index contributed by atoms with van der Waals surface area (Å²) in [7, 11) is 0. The van der Waals surface area contributed by atoms with Gasteiger partial charge in [0.1, 0.15) is 12.2 Å². The van der Waals surface area contributed by atoms with Crippen LogP contribution in [0.2, 0.25) is 0 Å². The first kappa shape index (κ1) is 23.1. The Morgan fingerprint density at radius 2 is 1.72 bits per heavy atom. The van der Waals surface area contributed by atoms with Gasteiger partial charge >= 0.3 is 0 Å². The van der Waals surface area contributed by atoms with E-state index in [-0.39, 0.29) is 63.4 Å². The molecule has 1 N–H and O–H groups in total. The van der Waals surface area contributed by atoms with Crippen molar-refractivity contribution in [2.45, 2.75) is 97.8 Å². The van der Waals surface area contributed by atoms with Crippen LogP contribution in [0.4, 0.5) is 0 Å². The van der Waals surface area contributed by atoms with Gasteiger partial charge in [-0.15, -0.1) is 0 Å². The molecule has 6 nitrogen and oxygen atoms in total. The van der Waals surface area contributed by atoms with Crippen molar-refractivity contribution in [2.75, 3.05) is 0 Å². The smallest absolute Gasteiger partial charge is 0.240 e. The number of nitrogens with zero attached hydrogens (tertiary/aromatic N) is 1. The van der Waals surface area contributed by atoms with E-state index < -0.39 is 22.5 Å². The molecule has 0 aromatic carbocycles. The lowest BCUT2D eigenvalue weighted by Crippen LogP contribution is -2.76. The number of Topliss-reactive ketones (excluding diaryl/α,β-unsaturated/α-hetero) is 1. The van der Waals surface area contributed by atoms with Crippen molar-refractivity contribution in [3.8, 4) is 6.07 Å². The van der Waals surface area contributed by atoms with Crippen LogP contribution in [0.25, 0.3) is 0 Å². The van der Waals surface area contributed by atoms with Crippen LogP contribution in [-0.4, -0.2) is 35.2 Å². The number of nitriles is 1. The van der Waals surface area contributed by atoms with Gasteiger partial charge in [-0.3, -0.25) is 14.4 Å². The number of allylic oxidation sites excluding steroid dienone is 1. The van der Waals surface area contributed by atoms with Crippen molar-refractivity contribution in [3.05, 3.63) is 11.6 Å². The number of carbonyl (C=O) groups is 3. The van der Waals surface area contributed by atoms with E-state index in [9.17, 15) is 19.6 Å². The average Bonchev–Trinajstić information content (AvgIpc) is 3.55. The Kier molecular flexibility index (Phi) is 3.97. The number of nitrogens with one attached hydrogen (secondary N) is 1. The van der Waals surface area contributed by atoms with Crippen LogP contribution in [0, 0.1) is 62.1 Å². The molecule has 0 aromatic heterocycles. The van der Waals surface area contributed by atoms with Crippen LogP contribution in [0.5, 0.6) is 0 Å². The number of fused-ring (bicyclic) bond motifs is 8. The second-order valence-electron chi connectivity index (χ2n) is 15.1. The Morgan fingerprint density at radius 3 is 2.39 bits per heavy atom. The molecular weight excluding hydrogens is 452 g/mol. The molecule has 10 atom stereocenters. The molecule has 5 aliphatic carbocycles. The molecule has 4 saturated carbocycles. The number of epoxide rings is 1. The summed E-state index contributed by atoms with van der Waals surface area (Å²) in [6.45, 7) is 13.0. The predicted octanol–water partition coefficient (Wildman–Crippen LogP) is 4.14. The Hall–Kier alpha value is -2.00. The van der Waals surface area contributed by atoms with Crippen LogP contribution in [-0.2, 0) is 19.1 Å². The number of β-lactam (4-membered cyclic amide) rings is 1. The molecule has 1 spiro atoms. The van der Waals surface area contributed by atoms with Crippen LogP contribution in [0.1, 0.15) is 80.1 Å². The quantitative estimate of drug-likeness (QED) is 0.406. The van der Waals surface area contributed by atoms with E-state index in [4.69, 9.17) is 4.74 Å². The Balaban J connectivity index is 1.36. The third kappa shape index (κ3) is 2.21. The number of ether oxygens (including phenoxy) is 1. The third-order valence-electron chi connectivity index (χ3n) is 12.7. The minimum atomic E-state index is -1.38. The van der Waals surface area contributed by atoms with Gasteiger partial charge in [0.15, 0.2) is 11.6 Å². The number of hydrogen-bond acceptors (Lipinski definition) is 5. The maximum absolute atomic E-state index is 14.2. The maximum atomic E-state index is 14.2. The molecule has 0 bridgehead atoms. The molecule has 0 aromatic rings.